The molecule has 0 unspecified atom stereocenters. The van der Waals surface area contributed by atoms with Crippen molar-refractivity contribution >= 4 is 52.4 Å². The molecule has 0 radical (unpaired) electrons. The van der Waals surface area contributed by atoms with Crippen molar-refractivity contribution in [1.82, 2.24) is 20.2 Å². The third-order valence-corrected chi connectivity index (χ3v) is 6.39. The molecule has 1 amide bonds. The number of aromatic nitrogens is 4. The van der Waals surface area contributed by atoms with Gasteiger partial charge in [-0.05, 0) is 73.6 Å². The molecule has 3 N–H and O–H groups in total. The SMILES string of the molecule is Cc1cc(Nc2cc(N3CCC3)nc(Sc3ccc(C(=O)Nc4ccc(Cl)cc4)cc3)n2)n[nH]1. The molecule has 1 saturated heterocycles. The molecule has 0 aliphatic carbocycles. The molecular weight excluding hydrogens is 470 g/mol. The van der Waals surface area contributed by atoms with Crippen LogP contribution in [0.15, 0.2) is 70.7 Å². The third kappa shape index (κ3) is 5.32. The predicted molar refractivity (Wildman–Crippen MR) is 135 cm³/mol. The molecular formula is C24H22ClN7OS. The molecule has 1 aliphatic rings. The van der Waals surface area contributed by atoms with Crippen molar-refractivity contribution in [3.63, 3.8) is 0 Å². The number of aryl methyl sites for hydroxylation is 1. The first-order valence-corrected chi connectivity index (χ1v) is 12.0. The summed E-state index contributed by atoms with van der Waals surface area (Å²) in [5.74, 6) is 2.09. The van der Waals surface area contributed by atoms with Crippen molar-refractivity contribution in [3.8, 4) is 0 Å². The summed E-state index contributed by atoms with van der Waals surface area (Å²) < 4.78 is 0. The average molecular weight is 492 g/mol. The first kappa shape index (κ1) is 22.2. The second kappa shape index (κ2) is 9.74. The molecule has 0 spiro atoms. The maximum absolute atomic E-state index is 12.5. The number of hydrogen-bond donors (Lipinski definition) is 3. The summed E-state index contributed by atoms with van der Waals surface area (Å²) >= 11 is 7.35. The summed E-state index contributed by atoms with van der Waals surface area (Å²) in [4.78, 5) is 25.1. The second-order valence-corrected chi connectivity index (χ2v) is 9.36. The standard InChI is InChI=1S/C24H22ClN7OS/c1-15-13-21(31-30-15)27-20-14-22(32-11-2-12-32)29-24(28-20)34-19-9-3-16(4-10-19)23(33)26-18-7-5-17(25)6-8-18/h3-10,13-14H,2,11-12H2,1H3,(H,26,33)(H2,27,28,29,30,31). The number of H-pyrrole nitrogens is 1. The van der Waals surface area contributed by atoms with Gasteiger partial charge in [-0.2, -0.15) is 5.10 Å². The Morgan fingerprint density at radius 2 is 1.79 bits per heavy atom. The minimum atomic E-state index is -0.185. The summed E-state index contributed by atoms with van der Waals surface area (Å²) in [7, 11) is 0. The Morgan fingerprint density at radius 1 is 1.03 bits per heavy atom. The van der Waals surface area contributed by atoms with Gasteiger partial charge in [-0.1, -0.05) is 11.6 Å². The fourth-order valence-corrected chi connectivity index (χ4v) is 4.25. The van der Waals surface area contributed by atoms with E-state index in [4.69, 9.17) is 16.6 Å². The van der Waals surface area contributed by atoms with Crippen LogP contribution in [0.3, 0.4) is 0 Å². The van der Waals surface area contributed by atoms with E-state index in [0.717, 1.165) is 35.9 Å². The second-order valence-electron chi connectivity index (χ2n) is 7.88. The van der Waals surface area contributed by atoms with Gasteiger partial charge in [0.05, 0.1) is 0 Å². The molecule has 1 fully saturated rings. The van der Waals surface area contributed by atoms with Gasteiger partial charge in [0.15, 0.2) is 11.0 Å². The van der Waals surface area contributed by atoms with E-state index in [2.05, 4.69) is 30.7 Å². The van der Waals surface area contributed by atoms with Gasteiger partial charge >= 0.3 is 0 Å². The molecule has 2 aromatic heterocycles. The van der Waals surface area contributed by atoms with Gasteiger partial charge < -0.3 is 15.5 Å². The molecule has 0 atom stereocenters. The van der Waals surface area contributed by atoms with E-state index in [1.807, 2.05) is 31.2 Å². The maximum Gasteiger partial charge on any atom is 0.255 e. The highest BCUT2D eigenvalue weighted by atomic mass is 35.5. The smallest absolute Gasteiger partial charge is 0.255 e. The molecule has 4 aromatic rings. The lowest BCUT2D eigenvalue weighted by molar-refractivity contribution is 0.102. The summed E-state index contributed by atoms with van der Waals surface area (Å²) in [6.45, 7) is 3.92. The number of amides is 1. The summed E-state index contributed by atoms with van der Waals surface area (Å²) in [5.41, 5.74) is 2.22. The third-order valence-electron chi connectivity index (χ3n) is 5.26. The number of hydrogen-bond acceptors (Lipinski definition) is 7. The van der Waals surface area contributed by atoms with Gasteiger partial charge in [-0.3, -0.25) is 9.89 Å². The fraction of sp³-hybridized carbons (Fsp3) is 0.167. The van der Waals surface area contributed by atoms with Crippen LogP contribution in [-0.2, 0) is 0 Å². The highest BCUT2D eigenvalue weighted by Gasteiger charge is 2.18. The number of carbonyl (C=O) groups excluding carboxylic acids is 1. The van der Waals surface area contributed by atoms with Crippen LogP contribution in [0.4, 0.5) is 23.1 Å². The number of aromatic amines is 1. The lowest BCUT2D eigenvalue weighted by Gasteiger charge is -2.32. The quantitative estimate of drug-likeness (QED) is 0.293. The zero-order valence-corrected chi connectivity index (χ0v) is 20.0. The first-order valence-electron chi connectivity index (χ1n) is 10.8. The average Bonchev–Trinajstić information content (AvgIpc) is 3.19. The Labute approximate surface area is 206 Å². The lowest BCUT2D eigenvalue weighted by atomic mass is 10.2. The molecule has 0 saturated carbocycles. The monoisotopic (exact) mass is 491 g/mol. The van der Waals surface area contributed by atoms with Crippen molar-refractivity contribution in [2.24, 2.45) is 0 Å². The largest absolute Gasteiger partial charge is 0.356 e. The van der Waals surface area contributed by atoms with E-state index in [9.17, 15) is 4.79 Å². The Bertz CT molecular complexity index is 1300. The molecule has 10 heteroatoms. The molecule has 1 aliphatic heterocycles. The van der Waals surface area contributed by atoms with Crippen LogP contribution in [0.2, 0.25) is 5.02 Å². The van der Waals surface area contributed by atoms with Crippen molar-refractivity contribution in [3.05, 3.63) is 76.9 Å². The number of carbonyl (C=O) groups is 1. The number of nitrogens with zero attached hydrogens (tertiary/aromatic N) is 4. The molecule has 0 bridgehead atoms. The van der Waals surface area contributed by atoms with E-state index in [1.165, 1.54) is 11.8 Å². The Kier molecular flexibility index (Phi) is 6.37. The number of rotatable bonds is 7. The lowest BCUT2D eigenvalue weighted by Crippen LogP contribution is -2.37. The summed E-state index contributed by atoms with van der Waals surface area (Å²) in [5, 5.41) is 14.5. The van der Waals surface area contributed by atoms with E-state index in [0.29, 0.717) is 33.1 Å². The van der Waals surface area contributed by atoms with Gasteiger partial charge in [-0.25, -0.2) is 9.97 Å². The van der Waals surface area contributed by atoms with Crippen molar-refractivity contribution in [2.45, 2.75) is 23.4 Å². The van der Waals surface area contributed by atoms with Crippen LogP contribution in [0, 0.1) is 6.92 Å². The Balaban J connectivity index is 1.31. The van der Waals surface area contributed by atoms with Crippen LogP contribution in [-0.4, -0.2) is 39.2 Å². The minimum Gasteiger partial charge on any atom is -0.356 e. The van der Waals surface area contributed by atoms with E-state index < -0.39 is 0 Å². The fourth-order valence-electron chi connectivity index (χ4n) is 3.36. The van der Waals surface area contributed by atoms with Gasteiger partial charge in [0, 0.05) is 52.1 Å². The number of nitrogens with one attached hydrogen (secondary N) is 3. The van der Waals surface area contributed by atoms with E-state index in [-0.39, 0.29) is 5.91 Å². The molecule has 5 rings (SSSR count). The van der Waals surface area contributed by atoms with Crippen LogP contribution >= 0.6 is 23.4 Å². The van der Waals surface area contributed by atoms with Crippen LogP contribution < -0.4 is 15.5 Å². The van der Waals surface area contributed by atoms with Crippen LogP contribution in [0.25, 0.3) is 0 Å². The molecule has 34 heavy (non-hydrogen) atoms. The number of benzene rings is 2. The maximum atomic E-state index is 12.5. The zero-order valence-electron chi connectivity index (χ0n) is 18.4. The normalized spacial score (nSPS) is 12.8. The van der Waals surface area contributed by atoms with Gasteiger partial charge in [0.2, 0.25) is 0 Å². The van der Waals surface area contributed by atoms with Crippen LogP contribution in [0.1, 0.15) is 22.5 Å². The Hall–Kier alpha value is -3.56. The van der Waals surface area contributed by atoms with Crippen molar-refractivity contribution in [1.29, 1.82) is 0 Å². The molecule has 172 valence electrons. The predicted octanol–water partition coefficient (Wildman–Crippen LogP) is 5.52. The van der Waals surface area contributed by atoms with Gasteiger partial charge in [0.25, 0.3) is 5.91 Å². The number of halogens is 1. The molecule has 8 nitrogen and oxygen atoms in total. The topological polar surface area (TPSA) is 98.8 Å². The zero-order chi connectivity index (χ0) is 23.5. The highest BCUT2D eigenvalue weighted by molar-refractivity contribution is 7.99. The Morgan fingerprint density at radius 3 is 2.44 bits per heavy atom. The summed E-state index contributed by atoms with van der Waals surface area (Å²) in [6, 6.07) is 18.2. The summed E-state index contributed by atoms with van der Waals surface area (Å²) in [6.07, 6.45) is 1.16. The van der Waals surface area contributed by atoms with Gasteiger partial charge in [0.1, 0.15) is 11.6 Å². The highest BCUT2D eigenvalue weighted by Crippen LogP contribution is 2.30. The van der Waals surface area contributed by atoms with Gasteiger partial charge in [-0.15, -0.1) is 0 Å². The van der Waals surface area contributed by atoms with Crippen molar-refractivity contribution < 1.29 is 4.79 Å². The first-order chi connectivity index (χ1) is 16.5. The molecule has 3 heterocycles. The van der Waals surface area contributed by atoms with E-state index in [1.54, 1.807) is 36.4 Å². The number of anilines is 4. The molecule has 2 aromatic carbocycles. The van der Waals surface area contributed by atoms with Crippen LogP contribution in [0.5, 0.6) is 0 Å². The van der Waals surface area contributed by atoms with E-state index >= 15 is 0 Å². The van der Waals surface area contributed by atoms with Crippen molar-refractivity contribution in [2.75, 3.05) is 28.6 Å². The minimum absolute atomic E-state index is 0.185.